The summed E-state index contributed by atoms with van der Waals surface area (Å²) in [5, 5.41) is 16.1. The van der Waals surface area contributed by atoms with E-state index < -0.39 is 5.60 Å². The van der Waals surface area contributed by atoms with Crippen LogP contribution in [0.4, 0.5) is 5.69 Å². The van der Waals surface area contributed by atoms with Gasteiger partial charge in [-0.05, 0) is 43.7 Å². The molecule has 0 radical (unpaired) electrons. The van der Waals surface area contributed by atoms with Gasteiger partial charge < -0.3 is 10.4 Å². The van der Waals surface area contributed by atoms with Crippen molar-refractivity contribution < 1.29 is 5.11 Å². The van der Waals surface area contributed by atoms with Crippen molar-refractivity contribution in [1.29, 1.82) is 0 Å². The van der Waals surface area contributed by atoms with Crippen LogP contribution in [0.2, 0.25) is 0 Å². The largest absolute Gasteiger partial charge is 0.387 e. The van der Waals surface area contributed by atoms with Crippen LogP contribution in [-0.4, -0.2) is 21.7 Å². The SMILES string of the molecule is O[C@]12CCCC[C@@H]1CCC[C@H]2Nc1cccc2cccnc12. The lowest BCUT2D eigenvalue weighted by atomic mass is 9.65. The fraction of sp³-hybridized carbons (Fsp3) is 0.526. The van der Waals surface area contributed by atoms with Crippen LogP contribution in [0.15, 0.2) is 36.5 Å². The summed E-state index contributed by atoms with van der Waals surface area (Å²) in [6, 6.07) is 10.5. The summed E-state index contributed by atoms with van der Waals surface area (Å²) < 4.78 is 0. The number of rotatable bonds is 2. The monoisotopic (exact) mass is 296 g/mol. The van der Waals surface area contributed by atoms with Crippen molar-refractivity contribution in [2.24, 2.45) is 5.92 Å². The molecule has 2 aliphatic rings. The maximum absolute atomic E-state index is 11.3. The van der Waals surface area contributed by atoms with Crippen LogP contribution in [0.5, 0.6) is 0 Å². The summed E-state index contributed by atoms with van der Waals surface area (Å²) in [5.41, 5.74) is 1.53. The molecule has 0 aliphatic heterocycles. The van der Waals surface area contributed by atoms with Crippen LogP contribution in [0.3, 0.4) is 0 Å². The smallest absolute Gasteiger partial charge is 0.0933 e. The molecule has 2 fully saturated rings. The minimum Gasteiger partial charge on any atom is -0.387 e. The van der Waals surface area contributed by atoms with Gasteiger partial charge in [0.2, 0.25) is 0 Å². The molecular weight excluding hydrogens is 272 g/mol. The molecule has 1 heterocycles. The lowest BCUT2D eigenvalue weighted by Gasteiger charge is -2.49. The number of aliphatic hydroxyl groups is 1. The van der Waals surface area contributed by atoms with Crippen LogP contribution >= 0.6 is 0 Å². The fourth-order valence-electron chi connectivity index (χ4n) is 4.53. The molecule has 0 saturated heterocycles. The Labute approximate surface area is 131 Å². The lowest BCUT2D eigenvalue weighted by Crippen LogP contribution is -2.56. The third kappa shape index (κ3) is 2.28. The quantitative estimate of drug-likeness (QED) is 0.876. The van der Waals surface area contributed by atoms with Crippen molar-refractivity contribution in [3.63, 3.8) is 0 Å². The minimum absolute atomic E-state index is 0.152. The van der Waals surface area contributed by atoms with Gasteiger partial charge in [0.25, 0.3) is 0 Å². The number of nitrogens with one attached hydrogen (secondary N) is 1. The molecule has 3 nitrogen and oxygen atoms in total. The van der Waals surface area contributed by atoms with E-state index in [0.29, 0.717) is 5.92 Å². The predicted octanol–water partition coefficient (Wildman–Crippen LogP) is 4.12. The van der Waals surface area contributed by atoms with Crippen molar-refractivity contribution in [2.45, 2.75) is 56.6 Å². The Hall–Kier alpha value is -1.61. The Balaban J connectivity index is 1.66. The Morgan fingerprint density at radius 3 is 2.86 bits per heavy atom. The summed E-state index contributed by atoms with van der Waals surface area (Å²) in [4.78, 5) is 4.53. The van der Waals surface area contributed by atoms with Crippen LogP contribution < -0.4 is 5.32 Å². The molecule has 2 N–H and O–H groups in total. The first kappa shape index (κ1) is 14.0. The first-order valence-electron chi connectivity index (χ1n) is 8.60. The second kappa shape index (κ2) is 5.54. The zero-order valence-electron chi connectivity index (χ0n) is 13.0. The van der Waals surface area contributed by atoms with Crippen LogP contribution in [0.1, 0.15) is 44.9 Å². The molecule has 0 unspecified atom stereocenters. The topological polar surface area (TPSA) is 45.1 Å². The molecule has 1 aromatic carbocycles. The maximum Gasteiger partial charge on any atom is 0.0933 e. The van der Waals surface area contributed by atoms with Crippen LogP contribution in [-0.2, 0) is 0 Å². The first-order chi connectivity index (χ1) is 10.8. The van der Waals surface area contributed by atoms with Gasteiger partial charge in [-0.2, -0.15) is 0 Å². The van der Waals surface area contributed by atoms with E-state index in [-0.39, 0.29) is 6.04 Å². The fourth-order valence-corrected chi connectivity index (χ4v) is 4.53. The van der Waals surface area contributed by atoms with Gasteiger partial charge in [-0.15, -0.1) is 0 Å². The van der Waals surface area contributed by atoms with E-state index in [1.165, 1.54) is 25.7 Å². The average molecular weight is 296 g/mol. The van der Waals surface area contributed by atoms with Crippen LogP contribution in [0, 0.1) is 5.92 Å². The normalized spacial score (nSPS) is 31.7. The summed E-state index contributed by atoms with van der Waals surface area (Å²) in [7, 11) is 0. The Kier molecular flexibility index (Phi) is 3.53. The second-order valence-corrected chi connectivity index (χ2v) is 6.94. The second-order valence-electron chi connectivity index (χ2n) is 6.94. The van der Waals surface area contributed by atoms with E-state index in [4.69, 9.17) is 0 Å². The molecule has 0 spiro atoms. The predicted molar refractivity (Wildman–Crippen MR) is 89.9 cm³/mol. The van der Waals surface area contributed by atoms with Gasteiger partial charge in [-0.25, -0.2) is 0 Å². The Morgan fingerprint density at radius 2 is 1.91 bits per heavy atom. The number of pyridine rings is 1. The number of nitrogens with zero attached hydrogens (tertiary/aromatic N) is 1. The van der Waals surface area contributed by atoms with E-state index >= 15 is 0 Å². The summed E-state index contributed by atoms with van der Waals surface area (Å²) in [6.45, 7) is 0. The third-order valence-corrected chi connectivity index (χ3v) is 5.70. The number of aromatic nitrogens is 1. The molecule has 116 valence electrons. The highest BCUT2D eigenvalue weighted by atomic mass is 16.3. The highest BCUT2D eigenvalue weighted by Gasteiger charge is 2.47. The van der Waals surface area contributed by atoms with Gasteiger partial charge in [0, 0.05) is 11.6 Å². The number of para-hydroxylation sites is 1. The summed E-state index contributed by atoms with van der Waals surface area (Å²) in [5.74, 6) is 0.468. The van der Waals surface area contributed by atoms with Crippen molar-refractivity contribution in [2.75, 3.05) is 5.32 Å². The molecule has 2 aliphatic carbocycles. The molecule has 3 heteroatoms. The van der Waals surface area contributed by atoms with Gasteiger partial charge in [-0.1, -0.05) is 37.5 Å². The molecule has 0 bridgehead atoms. The molecule has 3 atom stereocenters. The molecule has 0 amide bonds. The van der Waals surface area contributed by atoms with Gasteiger partial charge in [0.15, 0.2) is 0 Å². The van der Waals surface area contributed by atoms with E-state index in [1.807, 2.05) is 12.3 Å². The van der Waals surface area contributed by atoms with Crippen molar-refractivity contribution in [3.8, 4) is 0 Å². The van der Waals surface area contributed by atoms with E-state index in [1.54, 1.807) is 0 Å². The van der Waals surface area contributed by atoms with Gasteiger partial charge in [0.1, 0.15) is 0 Å². The average Bonchev–Trinajstić information content (AvgIpc) is 2.56. The van der Waals surface area contributed by atoms with Gasteiger partial charge in [0.05, 0.1) is 22.8 Å². The Bertz CT molecular complexity index is 664. The number of benzene rings is 1. The first-order valence-corrected chi connectivity index (χ1v) is 8.60. The third-order valence-electron chi connectivity index (χ3n) is 5.70. The number of hydrogen-bond donors (Lipinski definition) is 2. The zero-order chi connectivity index (χ0) is 15.0. The minimum atomic E-state index is -0.534. The van der Waals surface area contributed by atoms with Crippen LogP contribution in [0.25, 0.3) is 10.9 Å². The van der Waals surface area contributed by atoms with Gasteiger partial charge in [-0.3, -0.25) is 4.98 Å². The van der Waals surface area contributed by atoms with E-state index in [9.17, 15) is 5.11 Å². The van der Waals surface area contributed by atoms with Crippen molar-refractivity contribution in [1.82, 2.24) is 4.98 Å². The highest BCUT2D eigenvalue weighted by molar-refractivity contribution is 5.90. The van der Waals surface area contributed by atoms with Crippen molar-refractivity contribution in [3.05, 3.63) is 36.5 Å². The Morgan fingerprint density at radius 1 is 1.05 bits per heavy atom. The molecule has 1 aromatic heterocycles. The highest BCUT2D eigenvalue weighted by Crippen LogP contribution is 2.45. The molecule has 22 heavy (non-hydrogen) atoms. The number of hydrogen-bond acceptors (Lipinski definition) is 3. The zero-order valence-corrected chi connectivity index (χ0v) is 13.0. The summed E-state index contributed by atoms with van der Waals surface area (Å²) in [6.07, 6.45) is 9.83. The molecular formula is C19H24N2O. The number of anilines is 1. The standard InChI is InChI=1S/C19H24N2O/c22-19-12-2-1-8-15(19)9-4-11-17(19)21-16-10-3-6-14-7-5-13-20-18(14)16/h3,5-7,10,13,15,17,21-22H,1-2,4,8-9,11-12H2/t15-,17-,19-/m1/s1. The van der Waals surface area contributed by atoms with E-state index in [2.05, 4.69) is 34.6 Å². The van der Waals surface area contributed by atoms with Crippen molar-refractivity contribution >= 4 is 16.6 Å². The summed E-state index contributed by atoms with van der Waals surface area (Å²) >= 11 is 0. The van der Waals surface area contributed by atoms with Gasteiger partial charge >= 0.3 is 0 Å². The maximum atomic E-state index is 11.3. The van der Waals surface area contributed by atoms with E-state index in [0.717, 1.165) is 35.9 Å². The molecule has 2 saturated carbocycles. The number of fused-ring (bicyclic) bond motifs is 2. The molecule has 2 aromatic rings. The lowest BCUT2D eigenvalue weighted by molar-refractivity contribution is -0.0835. The molecule has 4 rings (SSSR count).